The third-order valence-corrected chi connectivity index (χ3v) is 5.49. The summed E-state index contributed by atoms with van der Waals surface area (Å²) in [6.07, 6.45) is 1.56. The first-order valence-corrected chi connectivity index (χ1v) is 9.81. The summed E-state index contributed by atoms with van der Waals surface area (Å²) < 4.78 is 4.03. The van der Waals surface area contributed by atoms with Gasteiger partial charge < -0.3 is 11.6 Å². The number of hydrogen-bond donors (Lipinski definition) is 3. The van der Waals surface area contributed by atoms with Crippen LogP contribution in [0, 0.1) is 13.8 Å². The number of ketones is 1. The molecule has 3 heterocycles. The van der Waals surface area contributed by atoms with Crippen molar-refractivity contribution in [2.75, 3.05) is 17.3 Å². The predicted octanol–water partition coefficient (Wildman–Crippen LogP) is -0.463. The molecule has 0 unspecified atom stereocenters. The lowest BCUT2D eigenvalue weighted by Gasteiger charge is -2.10. The Hall–Kier alpha value is -3.35. The Bertz CT molecular complexity index is 1230. The molecule has 1 aliphatic carbocycles. The number of carbonyl (C=O) groups is 1. The van der Waals surface area contributed by atoms with Gasteiger partial charge in [0.1, 0.15) is 11.4 Å². The number of Topliss-reactive ketones (excluding diaryl/α,β-unsaturated/α-hetero) is 1. The Balaban J connectivity index is 1.57. The van der Waals surface area contributed by atoms with E-state index in [2.05, 4.69) is 20.3 Å². The van der Waals surface area contributed by atoms with Gasteiger partial charge >= 0.3 is 5.69 Å². The summed E-state index contributed by atoms with van der Waals surface area (Å²) in [5.74, 6) is 5.56. The minimum Gasteiger partial charge on any atom is -0.384 e. The molecule has 29 heavy (non-hydrogen) atoms. The fourth-order valence-corrected chi connectivity index (χ4v) is 3.80. The van der Waals surface area contributed by atoms with Crippen molar-refractivity contribution >= 4 is 23.4 Å². The first-order chi connectivity index (χ1) is 13.8. The van der Waals surface area contributed by atoms with Gasteiger partial charge in [-0.3, -0.25) is 19.1 Å². The molecule has 3 aromatic rings. The Kier molecular flexibility index (Phi) is 4.53. The van der Waals surface area contributed by atoms with Crippen molar-refractivity contribution in [3.05, 3.63) is 43.9 Å². The van der Waals surface area contributed by atoms with E-state index in [4.69, 9.17) is 11.6 Å². The largest absolute Gasteiger partial charge is 0.384 e. The van der Waals surface area contributed by atoms with Crippen molar-refractivity contribution in [1.82, 2.24) is 34.2 Å². The summed E-state index contributed by atoms with van der Waals surface area (Å²) in [6, 6.07) is 1.79. The normalized spacial score (nSPS) is 13.7. The molecule has 0 radical (unpaired) electrons. The highest BCUT2D eigenvalue weighted by Crippen LogP contribution is 2.35. The monoisotopic (exact) mass is 417 g/mol. The zero-order valence-corrected chi connectivity index (χ0v) is 16.6. The molecular formula is C16H19N9O3S. The summed E-state index contributed by atoms with van der Waals surface area (Å²) in [5.41, 5.74) is 5.97. The number of nitrogens with zero attached hydrogens (tertiary/aromatic N) is 6. The molecule has 152 valence electrons. The highest BCUT2D eigenvalue weighted by atomic mass is 32.2. The fourth-order valence-electron chi connectivity index (χ4n) is 3.08. The predicted molar refractivity (Wildman–Crippen MR) is 106 cm³/mol. The number of H-pyrrole nitrogens is 1. The Morgan fingerprint density at radius 1 is 1.31 bits per heavy atom. The zero-order chi connectivity index (χ0) is 20.9. The van der Waals surface area contributed by atoms with E-state index in [1.807, 2.05) is 19.9 Å². The maximum atomic E-state index is 12.7. The average Bonchev–Trinajstić information content (AvgIpc) is 3.32. The third-order valence-electron chi connectivity index (χ3n) is 4.55. The van der Waals surface area contributed by atoms with E-state index in [0.717, 1.165) is 36.0 Å². The van der Waals surface area contributed by atoms with E-state index in [1.165, 1.54) is 9.24 Å². The van der Waals surface area contributed by atoms with Crippen molar-refractivity contribution in [3.63, 3.8) is 0 Å². The van der Waals surface area contributed by atoms with Crippen LogP contribution in [-0.2, 0) is 0 Å². The Morgan fingerprint density at radius 2 is 2.03 bits per heavy atom. The molecular weight excluding hydrogens is 398 g/mol. The van der Waals surface area contributed by atoms with Crippen molar-refractivity contribution in [2.24, 2.45) is 0 Å². The summed E-state index contributed by atoms with van der Waals surface area (Å²) >= 11 is 1.01. The molecule has 12 nitrogen and oxygen atoms in total. The van der Waals surface area contributed by atoms with Gasteiger partial charge in [-0.2, -0.15) is 5.10 Å². The zero-order valence-electron chi connectivity index (χ0n) is 15.7. The minimum absolute atomic E-state index is 0.0750. The van der Waals surface area contributed by atoms with Crippen LogP contribution >= 0.6 is 11.8 Å². The van der Waals surface area contributed by atoms with Crippen molar-refractivity contribution in [1.29, 1.82) is 0 Å². The fraction of sp³-hybridized carbons (Fsp3) is 0.375. The molecule has 1 saturated carbocycles. The molecule has 4 rings (SSSR count). The lowest BCUT2D eigenvalue weighted by Crippen LogP contribution is -2.36. The molecule has 0 atom stereocenters. The van der Waals surface area contributed by atoms with Gasteiger partial charge in [-0.05, 0) is 32.8 Å². The minimum atomic E-state index is -0.799. The number of anilines is 1. The molecule has 1 aliphatic rings. The van der Waals surface area contributed by atoms with Gasteiger partial charge in [0.25, 0.3) is 11.5 Å². The maximum Gasteiger partial charge on any atom is 0.330 e. The van der Waals surface area contributed by atoms with Gasteiger partial charge in [0.15, 0.2) is 5.78 Å². The van der Waals surface area contributed by atoms with Crippen molar-refractivity contribution in [3.8, 4) is 5.95 Å². The lowest BCUT2D eigenvalue weighted by molar-refractivity contribution is 0.102. The SMILES string of the molecule is Cc1cc(C)n(-c2nnc(SCC(=O)c3c(N)n(C4CC4)c(=O)[nH]c3=O)n2N)n1. The molecule has 0 saturated heterocycles. The number of nitrogens with one attached hydrogen (secondary N) is 1. The van der Waals surface area contributed by atoms with Gasteiger partial charge in [0.05, 0.1) is 11.4 Å². The first-order valence-electron chi connectivity index (χ1n) is 8.82. The van der Waals surface area contributed by atoms with E-state index in [9.17, 15) is 14.4 Å². The summed E-state index contributed by atoms with van der Waals surface area (Å²) in [5, 5.41) is 12.6. The topological polar surface area (TPSA) is 172 Å². The number of thioether (sulfide) groups is 1. The number of aromatic amines is 1. The summed E-state index contributed by atoms with van der Waals surface area (Å²) in [6.45, 7) is 3.70. The first kappa shape index (κ1) is 19.0. The van der Waals surface area contributed by atoms with Gasteiger partial charge in [0, 0.05) is 11.7 Å². The summed E-state index contributed by atoms with van der Waals surface area (Å²) in [7, 11) is 0. The van der Waals surface area contributed by atoms with Gasteiger partial charge in [-0.1, -0.05) is 11.8 Å². The number of nitrogen functional groups attached to an aromatic ring is 2. The highest BCUT2D eigenvalue weighted by molar-refractivity contribution is 7.99. The average molecular weight is 417 g/mol. The summed E-state index contributed by atoms with van der Waals surface area (Å²) in [4.78, 5) is 39.0. The van der Waals surface area contributed by atoms with Crippen molar-refractivity contribution < 1.29 is 4.79 Å². The number of rotatable bonds is 6. The number of hydrogen-bond acceptors (Lipinski definition) is 9. The molecule has 1 fully saturated rings. The molecule has 5 N–H and O–H groups in total. The van der Waals surface area contributed by atoms with E-state index >= 15 is 0 Å². The van der Waals surface area contributed by atoms with E-state index in [0.29, 0.717) is 5.95 Å². The lowest BCUT2D eigenvalue weighted by atomic mass is 10.2. The van der Waals surface area contributed by atoms with Gasteiger partial charge in [0.2, 0.25) is 5.16 Å². The van der Waals surface area contributed by atoms with Crippen LogP contribution in [0.15, 0.2) is 20.8 Å². The van der Waals surface area contributed by atoms with E-state index in [1.54, 1.807) is 4.68 Å². The van der Waals surface area contributed by atoms with Crippen LogP contribution in [0.5, 0.6) is 0 Å². The number of carbonyl (C=O) groups excluding carboxylic acids is 1. The van der Waals surface area contributed by atoms with Gasteiger partial charge in [-0.25, -0.2) is 14.2 Å². The van der Waals surface area contributed by atoms with Crippen LogP contribution in [0.2, 0.25) is 0 Å². The van der Waals surface area contributed by atoms with Crippen LogP contribution in [0.1, 0.15) is 40.6 Å². The van der Waals surface area contributed by atoms with E-state index < -0.39 is 17.0 Å². The van der Waals surface area contributed by atoms with Crippen LogP contribution in [0.3, 0.4) is 0 Å². The number of nitrogens with two attached hydrogens (primary N) is 2. The second kappa shape index (κ2) is 6.92. The molecule has 13 heteroatoms. The van der Waals surface area contributed by atoms with Crippen LogP contribution in [0.25, 0.3) is 5.95 Å². The molecule has 0 bridgehead atoms. The molecule has 0 aliphatic heterocycles. The number of aryl methyl sites for hydroxylation is 2. The van der Waals surface area contributed by atoms with Gasteiger partial charge in [-0.15, -0.1) is 10.2 Å². The molecule has 3 aromatic heterocycles. The Morgan fingerprint density at radius 3 is 2.66 bits per heavy atom. The standard InChI is InChI=1S/C16H19N9O3S/c1-7-5-8(2)25(22-7)14-20-21-16(24(14)18)29-6-10(26)11-12(17)23(9-3-4-9)15(28)19-13(11)27/h5,9H,3-4,6,17-18H2,1-2H3,(H,19,27,28). The second-order valence-corrected chi connectivity index (χ2v) is 7.77. The molecule has 0 aromatic carbocycles. The van der Waals surface area contributed by atoms with Crippen LogP contribution in [-0.4, -0.2) is 45.7 Å². The van der Waals surface area contributed by atoms with Crippen LogP contribution in [0.4, 0.5) is 5.82 Å². The van der Waals surface area contributed by atoms with Crippen molar-refractivity contribution in [2.45, 2.75) is 37.9 Å². The Labute approximate surface area is 167 Å². The second-order valence-electron chi connectivity index (χ2n) is 6.82. The maximum absolute atomic E-state index is 12.7. The quantitative estimate of drug-likeness (QED) is 0.272. The molecule has 0 spiro atoms. The van der Waals surface area contributed by atoms with E-state index in [-0.39, 0.29) is 28.3 Å². The highest BCUT2D eigenvalue weighted by Gasteiger charge is 2.30. The van der Waals surface area contributed by atoms with Crippen LogP contribution < -0.4 is 22.8 Å². The smallest absolute Gasteiger partial charge is 0.330 e. The number of aromatic nitrogens is 7. The molecule has 0 amide bonds. The third kappa shape index (κ3) is 3.33.